The summed E-state index contributed by atoms with van der Waals surface area (Å²) in [5, 5.41) is 11.2. The summed E-state index contributed by atoms with van der Waals surface area (Å²) in [5.74, 6) is -3.14. The molecule has 104 valence electrons. The van der Waals surface area contributed by atoms with Gasteiger partial charge in [-0.15, -0.1) is 0 Å². The van der Waals surface area contributed by atoms with E-state index in [0.717, 1.165) is 0 Å². The topological polar surface area (TPSA) is 119 Å². The molecule has 0 heterocycles. The maximum Gasteiger partial charge on any atom is 0.332 e. The number of hydrogen-bond acceptors (Lipinski definition) is 5. The second kappa shape index (κ2) is 7.65. The summed E-state index contributed by atoms with van der Waals surface area (Å²) in [5.41, 5.74) is 5.36. The van der Waals surface area contributed by atoms with Crippen molar-refractivity contribution in [3.05, 3.63) is 0 Å². The van der Waals surface area contributed by atoms with Gasteiger partial charge in [0.25, 0.3) is 0 Å². The summed E-state index contributed by atoms with van der Waals surface area (Å²) in [6.45, 7) is 5.18. The van der Waals surface area contributed by atoms with Crippen LogP contribution >= 0.6 is 0 Å². The Balaban J connectivity index is 4.60. The van der Waals surface area contributed by atoms with E-state index in [4.69, 9.17) is 10.8 Å². The van der Waals surface area contributed by atoms with E-state index in [-0.39, 0.29) is 12.5 Å². The zero-order valence-electron chi connectivity index (χ0n) is 10.8. The maximum atomic E-state index is 11.6. The lowest BCUT2D eigenvalue weighted by atomic mass is 9.99. The van der Waals surface area contributed by atoms with Gasteiger partial charge in [-0.1, -0.05) is 20.3 Å². The van der Waals surface area contributed by atoms with Crippen LogP contribution < -0.4 is 11.1 Å². The van der Waals surface area contributed by atoms with Gasteiger partial charge in [-0.2, -0.15) is 0 Å². The summed E-state index contributed by atoms with van der Waals surface area (Å²) in [6.07, 6.45) is 0.575. The molecule has 0 bridgehead atoms. The molecule has 0 aliphatic rings. The molecule has 1 amide bonds. The minimum Gasteiger partial charge on any atom is -0.480 e. The Hall–Kier alpha value is -1.63. The fourth-order valence-corrected chi connectivity index (χ4v) is 1.27. The van der Waals surface area contributed by atoms with E-state index in [1.165, 1.54) is 0 Å². The zero-order chi connectivity index (χ0) is 14.3. The smallest absolute Gasteiger partial charge is 0.332 e. The largest absolute Gasteiger partial charge is 0.480 e. The van der Waals surface area contributed by atoms with Gasteiger partial charge in [0.15, 0.2) is 6.04 Å². The van der Waals surface area contributed by atoms with E-state index in [0.29, 0.717) is 6.42 Å². The zero-order valence-corrected chi connectivity index (χ0v) is 10.8. The molecule has 0 radical (unpaired) electrons. The average molecular weight is 260 g/mol. The summed E-state index contributed by atoms with van der Waals surface area (Å²) in [4.78, 5) is 33.8. The summed E-state index contributed by atoms with van der Waals surface area (Å²) in [7, 11) is 0. The van der Waals surface area contributed by atoms with Gasteiger partial charge in [0.2, 0.25) is 5.91 Å². The highest BCUT2D eigenvalue weighted by Gasteiger charge is 2.30. The molecule has 0 aromatic carbocycles. The van der Waals surface area contributed by atoms with Gasteiger partial charge in [-0.05, 0) is 12.8 Å². The van der Waals surface area contributed by atoms with Crippen molar-refractivity contribution in [3.8, 4) is 0 Å². The summed E-state index contributed by atoms with van der Waals surface area (Å²) < 4.78 is 4.58. The van der Waals surface area contributed by atoms with Crippen LogP contribution in [0, 0.1) is 5.92 Å². The molecule has 7 nitrogen and oxygen atoms in total. The lowest BCUT2D eigenvalue weighted by Gasteiger charge is -2.21. The number of aliphatic carboxylic acids is 1. The quantitative estimate of drug-likeness (QED) is 0.419. The maximum absolute atomic E-state index is 11.6. The number of carboxylic acids is 1. The minimum absolute atomic E-state index is 0.105. The number of carboxylic acid groups (broad SMARTS) is 1. The lowest BCUT2D eigenvalue weighted by Crippen LogP contribution is -2.53. The molecule has 18 heavy (non-hydrogen) atoms. The molecule has 0 aliphatic heterocycles. The molecule has 1 unspecified atom stereocenters. The molecule has 0 rings (SSSR count). The van der Waals surface area contributed by atoms with E-state index in [1.54, 1.807) is 20.8 Å². The fraction of sp³-hybridized carbons (Fsp3) is 0.727. The van der Waals surface area contributed by atoms with Gasteiger partial charge < -0.3 is 20.9 Å². The SMILES string of the molecule is CCOC(=O)C(N)C(=O)N[C@H](C(=O)O)[C@@H](C)CC. The van der Waals surface area contributed by atoms with Crippen molar-refractivity contribution in [3.63, 3.8) is 0 Å². The van der Waals surface area contributed by atoms with Crippen molar-refractivity contribution in [2.75, 3.05) is 6.61 Å². The molecule has 0 aliphatic carbocycles. The minimum atomic E-state index is -1.50. The van der Waals surface area contributed by atoms with Gasteiger partial charge in [-0.3, -0.25) is 4.79 Å². The highest BCUT2D eigenvalue weighted by Crippen LogP contribution is 2.08. The lowest BCUT2D eigenvalue weighted by molar-refractivity contribution is -0.150. The first-order chi connectivity index (χ1) is 8.34. The molecule has 0 saturated carbocycles. The van der Waals surface area contributed by atoms with E-state index in [1.807, 2.05) is 0 Å². The van der Waals surface area contributed by atoms with Crippen LogP contribution in [0.3, 0.4) is 0 Å². The molecule has 4 N–H and O–H groups in total. The molecule has 0 fully saturated rings. The monoisotopic (exact) mass is 260 g/mol. The second-order valence-corrected chi connectivity index (χ2v) is 3.94. The molecule has 0 aromatic rings. The second-order valence-electron chi connectivity index (χ2n) is 3.94. The predicted molar refractivity (Wildman–Crippen MR) is 63.6 cm³/mol. The Morgan fingerprint density at radius 2 is 1.89 bits per heavy atom. The van der Waals surface area contributed by atoms with Crippen molar-refractivity contribution >= 4 is 17.8 Å². The number of carbonyl (C=O) groups excluding carboxylic acids is 2. The first-order valence-corrected chi connectivity index (χ1v) is 5.80. The molecule has 0 saturated heterocycles. The van der Waals surface area contributed by atoms with Gasteiger partial charge in [0, 0.05) is 0 Å². The van der Waals surface area contributed by atoms with Crippen LogP contribution in [0.1, 0.15) is 27.2 Å². The van der Waals surface area contributed by atoms with Crippen LogP contribution in [0.15, 0.2) is 0 Å². The number of ether oxygens (including phenoxy) is 1. The number of amides is 1. The number of nitrogens with two attached hydrogens (primary N) is 1. The van der Waals surface area contributed by atoms with E-state index >= 15 is 0 Å². The normalized spacial score (nSPS) is 15.3. The van der Waals surface area contributed by atoms with Crippen LogP contribution in [0.25, 0.3) is 0 Å². The predicted octanol–water partition coefficient (Wildman–Crippen LogP) is -0.508. The van der Waals surface area contributed by atoms with Crippen LogP contribution in [-0.2, 0) is 19.1 Å². The first-order valence-electron chi connectivity index (χ1n) is 5.80. The number of rotatable bonds is 7. The van der Waals surface area contributed by atoms with E-state index in [9.17, 15) is 14.4 Å². The Labute approximate surface area is 106 Å². The average Bonchev–Trinajstić information content (AvgIpc) is 2.33. The van der Waals surface area contributed by atoms with Crippen molar-refractivity contribution in [2.24, 2.45) is 11.7 Å². The fourth-order valence-electron chi connectivity index (χ4n) is 1.27. The van der Waals surface area contributed by atoms with E-state index in [2.05, 4.69) is 10.1 Å². The van der Waals surface area contributed by atoms with Gasteiger partial charge in [-0.25, -0.2) is 9.59 Å². The van der Waals surface area contributed by atoms with Gasteiger partial charge in [0.05, 0.1) is 6.61 Å². The number of nitrogens with one attached hydrogen (secondary N) is 1. The Morgan fingerprint density at radius 1 is 1.33 bits per heavy atom. The first kappa shape index (κ1) is 16.4. The van der Waals surface area contributed by atoms with Crippen molar-refractivity contribution in [2.45, 2.75) is 39.3 Å². The van der Waals surface area contributed by atoms with Crippen molar-refractivity contribution < 1.29 is 24.2 Å². The molecule has 3 atom stereocenters. The highest BCUT2D eigenvalue weighted by atomic mass is 16.5. The molecule has 7 heteroatoms. The van der Waals surface area contributed by atoms with Crippen molar-refractivity contribution in [1.29, 1.82) is 0 Å². The number of carbonyl (C=O) groups is 3. The molecular formula is C11H20N2O5. The Kier molecular flexibility index (Phi) is 6.96. The highest BCUT2D eigenvalue weighted by molar-refractivity contribution is 6.02. The third kappa shape index (κ3) is 4.70. The summed E-state index contributed by atoms with van der Waals surface area (Å²) in [6, 6.07) is -2.57. The van der Waals surface area contributed by atoms with Crippen molar-refractivity contribution in [1.82, 2.24) is 5.32 Å². The van der Waals surface area contributed by atoms with Crippen LogP contribution in [-0.4, -0.2) is 41.6 Å². The van der Waals surface area contributed by atoms with Gasteiger partial charge >= 0.3 is 11.9 Å². The summed E-state index contributed by atoms with van der Waals surface area (Å²) >= 11 is 0. The molecular weight excluding hydrogens is 240 g/mol. The molecule has 0 aromatic heterocycles. The third-order valence-electron chi connectivity index (χ3n) is 2.60. The van der Waals surface area contributed by atoms with E-state index < -0.39 is 29.9 Å². The Morgan fingerprint density at radius 3 is 2.28 bits per heavy atom. The number of hydrogen-bond donors (Lipinski definition) is 3. The van der Waals surface area contributed by atoms with Crippen LogP contribution in [0.5, 0.6) is 0 Å². The van der Waals surface area contributed by atoms with Crippen LogP contribution in [0.2, 0.25) is 0 Å². The standard InChI is InChI=1S/C11H20N2O5/c1-4-6(3)8(10(15)16)13-9(14)7(12)11(17)18-5-2/h6-8H,4-5,12H2,1-3H3,(H,13,14)(H,15,16)/t6-,7?,8-/m0/s1. The Bertz CT molecular complexity index is 319. The number of esters is 1. The molecule has 0 spiro atoms. The van der Waals surface area contributed by atoms with Gasteiger partial charge in [0.1, 0.15) is 6.04 Å². The third-order valence-corrected chi connectivity index (χ3v) is 2.60. The van der Waals surface area contributed by atoms with Crippen LogP contribution in [0.4, 0.5) is 0 Å².